The average Bonchev–Trinajstić information content (AvgIpc) is 3.13. The molecule has 6 nitrogen and oxygen atoms in total. The summed E-state index contributed by atoms with van der Waals surface area (Å²) in [7, 11) is 0. The minimum atomic E-state index is 0.126. The van der Waals surface area contributed by atoms with Crippen LogP contribution in [0.2, 0.25) is 5.02 Å². The molecule has 2 aromatic rings. The number of hydrogen-bond acceptors (Lipinski definition) is 4. The zero-order valence-corrected chi connectivity index (χ0v) is 21.7. The van der Waals surface area contributed by atoms with Gasteiger partial charge in [-0.1, -0.05) is 25.4 Å². The molecule has 1 aromatic carbocycles. The summed E-state index contributed by atoms with van der Waals surface area (Å²) in [6.45, 7) is 11.9. The van der Waals surface area contributed by atoms with E-state index < -0.39 is 0 Å². The van der Waals surface area contributed by atoms with Gasteiger partial charge in [0.25, 0.3) is 0 Å². The molecule has 3 aliphatic rings. The molecule has 0 amide bonds. The molecule has 7 heteroatoms. The molecule has 0 atom stereocenters. The van der Waals surface area contributed by atoms with Gasteiger partial charge >= 0.3 is 5.69 Å². The second-order valence-corrected chi connectivity index (χ2v) is 11.4. The molecule has 0 radical (unpaired) electrons. The first-order valence-electron chi connectivity index (χ1n) is 13.5. The molecular weight excluding hydrogens is 448 g/mol. The lowest BCUT2D eigenvalue weighted by atomic mass is 9.79. The molecule has 1 saturated carbocycles. The summed E-state index contributed by atoms with van der Waals surface area (Å²) >= 11 is 6.36. The first kappa shape index (κ1) is 24.4. The van der Waals surface area contributed by atoms with Crippen LogP contribution >= 0.6 is 11.6 Å². The van der Waals surface area contributed by atoms with E-state index in [2.05, 4.69) is 28.2 Å². The molecule has 34 heavy (non-hydrogen) atoms. The smallest absolute Gasteiger partial charge is 0.329 e. The Balaban J connectivity index is 1.29. The molecule has 5 rings (SSSR count). The van der Waals surface area contributed by atoms with Crippen LogP contribution in [0, 0.1) is 11.8 Å². The fraction of sp³-hybridized carbons (Fsp3) is 0.741. The molecular formula is C27H41ClN4O2. The number of nitrogens with zero attached hydrogens (tertiary/aromatic N) is 4. The van der Waals surface area contributed by atoms with Crippen molar-refractivity contribution in [3.63, 3.8) is 0 Å². The van der Waals surface area contributed by atoms with Gasteiger partial charge in [-0.05, 0) is 68.6 Å². The van der Waals surface area contributed by atoms with Gasteiger partial charge in [-0.15, -0.1) is 0 Å². The third kappa shape index (κ3) is 5.11. The number of morpholine rings is 1. The average molecular weight is 489 g/mol. The number of imidazole rings is 1. The van der Waals surface area contributed by atoms with Crippen LogP contribution in [0.3, 0.4) is 0 Å². The predicted octanol–water partition coefficient (Wildman–Crippen LogP) is 4.64. The Hall–Kier alpha value is -1.34. The number of halogens is 1. The zero-order chi connectivity index (χ0) is 23.7. The van der Waals surface area contributed by atoms with Crippen LogP contribution in [0.25, 0.3) is 11.0 Å². The van der Waals surface area contributed by atoms with Gasteiger partial charge < -0.3 is 9.64 Å². The van der Waals surface area contributed by atoms with E-state index >= 15 is 0 Å². The Morgan fingerprint density at radius 1 is 0.912 bits per heavy atom. The quantitative estimate of drug-likeness (QED) is 0.594. The van der Waals surface area contributed by atoms with Crippen molar-refractivity contribution in [2.45, 2.75) is 71.0 Å². The highest BCUT2D eigenvalue weighted by atomic mass is 35.5. The van der Waals surface area contributed by atoms with E-state index in [0.29, 0.717) is 11.6 Å². The molecule has 0 unspecified atom stereocenters. The van der Waals surface area contributed by atoms with E-state index in [-0.39, 0.29) is 11.7 Å². The van der Waals surface area contributed by atoms with Crippen molar-refractivity contribution in [2.75, 3.05) is 45.9 Å². The van der Waals surface area contributed by atoms with Crippen molar-refractivity contribution < 1.29 is 4.74 Å². The topological polar surface area (TPSA) is 42.6 Å². The maximum Gasteiger partial charge on any atom is 0.329 e. The first-order valence-corrected chi connectivity index (χ1v) is 13.8. The standard InChI is InChI=1S/C27H41ClN4O2/c1-20(2)21-3-6-23(7-4-21)30-11-9-24(10-12-30)32-25-8-5-22(28)19-26(25)31(27(32)33)14-13-29-15-17-34-18-16-29/h5,8,19-21,23-24H,3-4,6-7,9-18H2,1-2H3. The zero-order valence-electron chi connectivity index (χ0n) is 20.9. The van der Waals surface area contributed by atoms with Gasteiger partial charge in [0.2, 0.25) is 0 Å². The molecule has 188 valence electrons. The van der Waals surface area contributed by atoms with Crippen molar-refractivity contribution in [3.8, 4) is 0 Å². The van der Waals surface area contributed by atoms with Crippen LogP contribution < -0.4 is 5.69 Å². The highest BCUT2D eigenvalue weighted by molar-refractivity contribution is 6.31. The van der Waals surface area contributed by atoms with Crippen molar-refractivity contribution in [2.24, 2.45) is 11.8 Å². The minimum Gasteiger partial charge on any atom is -0.379 e. The molecule has 1 aliphatic carbocycles. The van der Waals surface area contributed by atoms with Crippen molar-refractivity contribution in [1.82, 2.24) is 18.9 Å². The lowest BCUT2D eigenvalue weighted by Gasteiger charge is -2.41. The lowest BCUT2D eigenvalue weighted by Crippen LogP contribution is -2.45. The van der Waals surface area contributed by atoms with Crippen molar-refractivity contribution in [1.29, 1.82) is 0 Å². The second kappa shape index (κ2) is 10.7. The number of likely N-dealkylation sites (tertiary alicyclic amines) is 1. The number of aromatic nitrogens is 2. The van der Waals surface area contributed by atoms with E-state index in [1.165, 1.54) is 25.7 Å². The third-order valence-electron chi connectivity index (χ3n) is 8.73. The summed E-state index contributed by atoms with van der Waals surface area (Å²) in [6.07, 6.45) is 7.53. The van der Waals surface area contributed by atoms with Crippen molar-refractivity contribution >= 4 is 22.6 Å². The van der Waals surface area contributed by atoms with Gasteiger partial charge in [0, 0.05) is 56.4 Å². The Morgan fingerprint density at radius 2 is 1.62 bits per heavy atom. The van der Waals surface area contributed by atoms with Crippen LogP contribution in [0.1, 0.15) is 58.4 Å². The minimum absolute atomic E-state index is 0.126. The van der Waals surface area contributed by atoms with Crippen LogP contribution in [-0.2, 0) is 11.3 Å². The van der Waals surface area contributed by atoms with Gasteiger partial charge in [-0.2, -0.15) is 0 Å². The van der Waals surface area contributed by atoms with Gasteiger partial charge in [0.05, 0.1) is 24.2 Å². The predicted molar refractivity (Wildman–Crippen MR) is 139 cm³/mol. The molecule has 2 saturated heterocycles. The summed E-state index contributed by atoms with van der Waals surface area (Å²) in [6, 6.07) is 6.94. The Kier molecular flexibility index (Phi) is 7.69. The van der Waals surface area contributed by atoms with Gasteiger partial charge in [0.15, 0.2) is 0 Å². The molecule has 1 aromatic heterocycles. The number of ether oxygens (including phenoxy) is 1. The number of fused-ring (bicyclic) bond motifs is 1. The molecule has 3 fully saturated rings. The number of hydrogen-bond donors (Lipinski definition) is 0. The fourth-order valence-electron chi connectivity index (χ4n) is 6.53. The Labute approximate surface area is 208 Å². The Bertz CT molecular complexity index is 1010. The van der Waals surface area contributed by atoms with E-state index in [4.69, 9.17) is 16.3 Å². The van der Waals surface area contributed by atoms with Crippen LogP contribution in [0.4, 0.5) is 0 Å². The highest BCUT2D eigenvalue weighted by Gasteiger charge is 2.31. The van der Waals surface area contributed by atoms with Gasteiger partial charge in [-0.25, -0.2) is 4.79 Å². The van der Waals surface area contributed by atoms with Crippen LogP contribution in [0.5, 0.6) is 0 Å². The molecule has 0 spiro atoms. The molecule has 0 N–H and O–H groups in total. The van der Waals surface area contributed by atoms with E-state index in [0.717, 1.165) is 87.7 Å². The monoisotopic (exact) mass is 488 g/mol. The molecule has 3 heterocycles. The number of rotatable bonds is 6. The fourth-order valence-corrected chi connectivity index (χ4v) is 6.70. The summed E-state index contributed by atoms with van der Waals surface area (Å²) in [4.78, 5) is 18.8. The second-order valence-electron chi connectivity index (χ2n) is 11.0. The highest BCUT2D eigenvalue weighted by Crippen LogP contribution is 2.35. The largest absolute Gasteiger partial charge is 0.379 e. The third-order valence-corrected chi connectivity index (χ3v) is 8.97. The van der Waals surface area contributed by atoms with E-state index in [9.17, 15) is 4.79 Å². The van der Waals surface area contributed by atoms with Gasteiger partial charge in [-0.3, -0.25) is 14.0 Å². The normalized spacial score (nSPS) is 26.0. The SMILES string of the molecule is CC(C)C1CCC(N2CCC(n3c(=O)n(CCN4CCOCC4)c4cc(Cl)ccc43)CC2)CC1. The summed E-state index contributed by atoms with van der Waals surface area (Å²) in [5.74, 6) is 1.72. The van der Waals surface area contributed by atoms with Gasteiger partial charge in [0.1, 0.15) is 0 Å². The Morgan fingerprint density at radius 3 is 2.29 bits per heavy atom. The maximum absolute atomic E-state index is 13.7. The number of benzene rings is 1. The van der Waals surface area contributed by atoms with Crippen LogP contribution in [-0.4, -0.2) is 70.9 Å². The molecule has 2 aliphatic heterocycles. The summed E-state index contributed by atoms with van der Waals surface area (Å²) in [5, 5.41) is 0.691. The first-order chi connectivity index (χ1) is 16.5. The summed E-state index contributed by atoms with van der Waals surface area (Å²) < 4.78 is 9.51. The summed E-state index contributed by atoms with van der Waals surface area (Å²) in [5.41, 5.74) is 2.13. The molecule has 0 bridgehead atoms. The maximum atomic E-state index is 13.7. The number of piperidine rings is 1. The van der Waals surface area contributed by atoms with Crippen molar-refractivity contribution in [3.05, 3.63) is 33.7 Å². The van der Waals surface area contributed by atoms with Crippen LogP contribution in [0.15, 0.2) is 23.0 Å². The lowest BCUT2D eigenvalue weighted by molar-refractivity contribution is 0.0363. The van der Waals surface area contributed by atoms with E-state index in [1.807, 2.05) is 22.8 Å². The van der Waals surface area contributed by atoms with E-state index in [1.54, 1.807) is 0 Å².